The standard InChI is InChI=1S/C6H9BN2O2S/c1-4-6(9-12(10)11)2-5(7)3-8-4/h2-3,12H,7H2,1H3,(H,9,10,11). The molecule has 0 fully saturated rings. The van der Waals surface area contributed by atoms with E-state index in [0.29, 0.717) is 11.4 Å². The number of aromatic nitrogens is 1. The van der Waals surface area contributed by atoms with Gasteiger partial charge in [-0.2, -0.15) is 0 Å². The number of aryl methyl sites for hydroxylation is 1. The Kier molecular flexibility index (Phi) is 2.70. The molecule has 64 valence electrons. The van der Waals surface area contributed by atoms with Crippen molar-refractivity contribution in [2.75, 3.05) is 4.72 Å². The Morgan fingerprint density at radius 2 is 2.25 bits per heavy atom. The van der Waals surface area contributed by atoms with Crippen molar-refractivity contribution in [2.24, 2.45) is 0 Å². The van der Waals surface area contributed by atoms with E-state index in [2.05, 4.69) is 9.71 Å². The van der Waals surface area contributed by atoms with E-state index in [0.717, 1.165) is 5.46 Å². The molecule has 0 aliphatic carbocycles. The summed E-state index contributed by atoms with van der Waals surface area (Å²) < 4.78 is 23.0. The van der Waals surface area contributed by atoms with Gasteiger partial charge in [0.05, 0.1) is 11.4 Å². The molecule has 0 aromatic carbocycles. The SMILES string of the molecule is Bc1cnc(C)c(N[SH](=O)=O)c1. The van der Waals surface area contributed by atoms with Gasteiger partial charge in [-0.3, -0.25) is 9.71 Å². The number of nitrogens with zero attached hydrogens (tertiary/aromatic N) is 1. The second-order valence-corrected chi connectivity index (χ2v) is 3.25. The summed E-state index contributed by atoms with van der Waals surface area (Å²) in [6.07, 6.45) is 1.69. The van der Waals surface area contributed by atoms with E-state index >= 15 is 0 Å². The highest BCUT2D eigenvalue weighted by Crippen LogP contribution is 2.07. The van der Waals surface area contributed by atoms with Gasteiger partial charge in [-0.1, -0.05) is 5.46 Å². The van der Waals surface area contributed by atoms with Crippen molar-refractivity contribution in [1.82, 2.24) is 4.98 Å². The summed E-state index contributed by atoms with van der Waals surface area (Å²) in [7, 11) is -0.739. The average Bonchev–Trinajstić information content (AvgIpc) is 1.96. The molecule has 0 unspecified atom stereocenters. The van der Waals surface area contributed by atoms with Crippen molar-refractivity contribution in [2.45, 2.75) is 6.92 Å². The van der Waals surface area contributed by atoms with Crippen molar-refractivity contribution in [1.29, 1.82) is 0 Å². The van der Waals surface area contributed by atoms with Gasteiger partial charge >= 0.3 is 0 Å². The number of hydrogen-bond donors (Lipinski definition) is 2. The zero-order chi connectivity index (χ0) is 9.14. The molecule has 1 aromatic rings. The highest BCUT2D eigenvalue weighted by molar-refractivity contribution is 7.73. The highest BCUT2D eigenvalue weighted by Gasteiger charge is 1.98. The molecule has 1 heterocycles. The van der Waals surface area contributed by atoms with Crippen LogP contribution in [-0.2, 0) is 10.9 Å². The Morgan fingerprint density at radius 1 is 1.58 bits per heavy atom. The van der Waals surface area contributed by atoms with Crippen molar-refractivity contribution in [3.63, 3.8) is 0 Å². The van der Waals surface area contributed by atoms with Crippen LogP contribution < -0.4 is 10.2 Å². The summed E-state index contributed by atoms with van der Waals surface area (Å²) in [5.74, 6) is 0. The van der Waals surface area contributed by atoms with Crippen LogP contribution in [-0.4, -0.2) is 21.2 Å². The lowest BCUT2D eigenvalue weighted by atomic mass is 9.98. The van der Waals surface area contributed by atoms with Crippen molar-refractivity contribution in [3.05, 3.63) is 18.0 Å². The lowest BCUT2D eigenvalue weighted by Crippen LogP contribution is -2.08. The lowest BCUT2D eigenvalue weighted by molar-refractivity contribution is 0.619. The van der Waals surface area contributed by atoms with Crippen molar-refractivity contribution >= 4 is 29.9 Å². The zero-order valence-corrected chi connectivity index (χ0v) is 7.76. The maximum absolute atomic E-state index is 10.3. The Balaban J connectivity index is 3.05. The van der Waals surface area contributed by atoms with E-state index < -0.39 is 10.9 Å². The molecule has 0 bridgehead atoms. The molecular formula is C6H9BN2O2S. The maximum Gasteiger partial charge on any atom is 0.222 e. The largest absolute Gasteiger partial charge is 0.284 e. The van der Waals surface area contributed by atoms with Gasteiger partial charge in [0.25, 0.3) is 0 Å². The first-order valence-electron chi connectivity index (χ1n) is 3.44. The molecule has 0 saturated heterocycles. The van der Waals surface area contributed by atoms with Gasteiger partial charge in [0.1, 0.15) is 7.85 Å². The number of thiol groups is 1. The molecule has 0 radical (unpaired) electrons. The van der Waals surface area contributed by atoms with Gasteiger partial charge in [-0.05, 0) is 13.0 Å². The number of nitrogens with one attached hydrogen (secondary N) is 1. The van der Waals surface area contributed by atoms with Gasteiger partial charge < -0.3 is 0 Å². The molecule has 12 heavy (non-hydrogen) atoms. The minimum atomic E-state index is -2.60. The summed E-state index contributed by atoms with van der Waals surface area (Å²) in [5.41, 5.74) is 2.16. The van der Waals surface area contributed by atoms with E-state index in [1.807, 2.05) is 7.85 Å². The van der Waals surface area contributed by atoms with E-state index in [1.54, 1.807) is 19.2 Å². The van der Waals surface area contributed by atoms with Gasteiger partial charge in [-0.25, -0.2) is 8.42 Å². The minimum Gasteiger partial charge on any atom is -0.284 e. The van der Waals surface area contributed by atoms with Crippen molar-refractivity contribution < 1.29 is 8.42 Å². The number of hydrogen-bond acceptors (Lipinski definition) is 3. The summed E-state index contributed by atoms with van der Waals surface area (Å²) in [6, 6.07) is 1.74. The zero-order valence-electron chi connectivity index (χ0n) is 6.87. The summed E-state index contributed by atoms with van der Waals surface area (Å²) in [6.45, 7) is 1.75. The van der Waals surface area contributed by atoms with Crippen LogP contribution in [0.3, 0.4) is 0 Å². The monoisotopic (exact) mass is 184 g/mol. The fourth-order valence-electron chi connectivity index (χ4n) is 0.849. The third-order valence-corrected chi connectivity index (χ3v) is 1.86. The minimum absolute atomic E-state index is 0.547. The van der Waals surface area contributed by atoms with Crippen LogP contribution in [0.1, 0.15) is 5.69 Å². The van der Waals surface area contributed by atoms with Crippen LogP contribution >= 0.6 is 0 Å². The average molecular weight is 184 g/mol. The number of rotatable bonds is 2. The molecule has 4 nitrogen and oxygen atoms in total. The molecule has 1 N–H and O–H groups in total. The first kappa shape index (κ1) is 9.06. The second-order valence-electron chi connectivity index (χ2n) is 2.51. The molecule has 0 atom stereocenters. The number of pyridine rings is 1. The molecule has 6 heteroatoms. The Labute approximate surface area is 73.5 Å². The first-order chi connectivity index (χ1) is 5.59. The van der Waals surface area contributed by atoms with E-state index in [1.165, 1.54) is 0 Å². The molecule has 1 rings (SSSR count). The van der Waals surface area contributed by atoms with E-state index in [9.17, 15) is 8.42 Å². The Morgan fingerprint density at radius 3 is 2.83 bits per heavy atom. The molecule has 0 aliphatic heterocycles. The molecule has 1 aromatic heterocycles. The predicted octanol–water partition coefficient (Wildman–Crippen LogP) is -1.41. The summed E-state index contributed by atoms with van der Waals surface area (Å²) in [4.78, 5) is 4.00. The molecule has 0 aliphatic rings. The van der Waals surface area contributed by atoms with Gasteiger partial charge in [-0.15, -0.1) is 0 Å². The van der Waals surface area contributed by atoms with Gasteiger partial charge in [0, 0.05) is 6.20 Å². The fourth-order valence-corrected chi connectivity index (χ4v) is 1.27. The summed E-state index contributed by atoms with van der Waals surface area (Å²) >= 11 is 0. The second kappa shape index (κ2) is 3.58. The molecule has 0 spiro atoms. The number of anilines is 1. The predicted molar refractivity (Wildman–Crippen MR) is 51.1 cm³/mol. The quantitative estimate of drug-likeness (QED) is 0.438. The van der Waals surface area contributed by atoms with Crippen LogP contribution in [0.4, 0.5) is 5.69 Å². The topological polar surface area (TPSA) is 59.1 Å². The molecular weight excluding hydrogens is 175 g/mol. The third kappa shape index (κ3) is 2.23. The lowest BCUT2D eigenvalue weighted by Gasteiger charge is -2.03. The maximum atomic E-state index is 10.3. The van der Waals surface area contributed by atoms with Crippen LogP contribution in [0, 0.1) is 6.92 Å². The fraction of sp³-hybridized carbons (Fsp3) is 0.167. The van der Waals surface area contributed by atoms with Crippen LogP contribution in [0.15, 0.2) is 12.3 Å². The molecule has 0 saturated carbocycles. The van der Waals surface area contributed by atoms with Crippen LogP contribution in [0.25, 0.3) is 0 Å². The normalized spacial score (nSPS) is 10.2. The first-order valence-corrected chi connectivity index (χ1v) is 4.61. The van der Waals surface area contributed by atoms with E-state index in [4.69, 9.17) is 0 Å². The summed E-state index contributed by atoms with van der Waals surface area (Å²) in [5, 5.41) is 0. The third-order valence-electron chi connectivity index (χ3n) is 1.44. The highest BCUT2D eigenvalue weighted by atomic mass is 32.2. The Bertz CT molecular complexity index is 357. The van der Waals surface area contributed by atoms with Gasteiger partial charge in [0.2, 0.25) is 10.9 Å². The van der Waals surface area contributed by atoms with Gasteiger partial charge in [0.15, 0.2) is 0 Å². The molecule has 0 amide bonds. The van der Waals surface area contributed by atoms with Crippen LogP contribution in [0.5, 0.6) is 0 Å². The Hall–Kier alpha value is -1.04. The van der Waals surface area contributed by atoms with Crippen molar-refractivity contribution in [3.8, 4) is 0 Å². The van der Waals surface area contributed by atoms with E-state index in [-0.39, 0.29) is 0 Å². The smallest absolute Gasteiger partial charge is 0.222 e. The van der Waals surface area contributed by atoms with Crippen LogP contribution in [0.2, 0.25) is 0 Å².